The van der Waals surface area contributed by atoms with Crippen LogP contribution in [0.5, 0.6) is 11.8 Å². The van der Waals surface area contributed by atoms with Crippen molar-refractivity contribution in [1.29, 1.82) is 0 Å². The van der Waals surface area contributed by atoms with E-state index in [0.717, 1.165) is 18.8 Å². The molecule has 1 aliphatic heterocycles. The predicted molar refractivity (Wildman–Crippen MR) is 133 cm³/mol. The molecule has 2 aromatic heterocycles. The molecular weight excluding hydrogens is 472 g/mol. The highest BCUT2D eigenvalue weighted by Crippen LogP contribution is 2.41. The summed E-state index contributed by atoms with van der Waals surface area (Å²) in [7, 11) is -3.26. The van der Waals surface area contributed by atoms with Gasteiger partial charge in [-0.3, -0.25) is 0 Å². The number of hydrogen-bond acceptors (Lipinski definition) is 9. The molecule has 3 aromatic rings. The molecule has 1 saturated carbocycles. The number of hydrogen-bond donors (Lipinski definition) is 1. The Labute approximate surface area is 204 Å². The number of nitrogens with zero attached hydrogens (tertiary/aromatic N) is 5. The third kappa shape index (κ3) is 4.63. The number of piperidine rings is 1. The van der Waals surface area contributed by atoms with Crippen LogP contribution in [-0.4, -0.2) is 52.9 Å². The van der Waals surface area contributed by atoms with Gasteiger partial charge < -0.3 is 15.0 Å². The molecular formula is C23H30N6O3S2. The number of rotatable bonds is 7. The number of aromatic nitrogens is 4. The van der Waals surface area contributed by atoms with Crippen LogP contribution in [0.25, 0.3) is 0 Å². The molecule has 2 unspecified atom stereocenters. The average molecular weight is 503 g/mol. The topological polar surface area (TPSA) is 102 Å². The molecule has 3 heterocycles. The van der Waals surface area contributed by atoms with Crippen LogP contribution in [0.15, 0.2) is 35.2 Å². The summed E-state index contributed by atoms with van der Waals surface area (Å²) in [6.45, 7) is 8.11. The predicted octanol–water partition coefficient (Wildman–Crippen LogP) is 4.15. The number of ether oxygens (including phenoxy) is 1. The number of nitrogens with one attached hydrogen (secondary N) is 1. The fraction of sp³-hybridized carbons (Fsp3) is 0.522. The molecule has 5 rings (SSSR count). The summed E-state index contributed by atoms with van der Waals surface area (Å²) in [6.07, 6.45) is 3.57. The van der Waals surface area contributed by atoms with E-state index in [9.17, 15) is 8.42 Å². The van der Waals surface area contributed by atoms with Crippen molar-refractivity contribution in [3.8, 4) is 11.8 Å². The molecule has 1 saturated heterocycles. The van der Waals surface area contributed by atoms with E-state index in [0.29, 0.717) is 35.6 Å². The van der Waals surface area contributed by atoms with E-state index in [-0.39, 0.29) is 10.9 Å². The van der Waals surface area contributed by atoms with Crippen LogP contribution in [0.4, 0.5) is 10.9 Å². The molecule has 34 heavy (non-hydrogen) atoms. The third-order valence-electron chi connectivity index (χ3n) is 6.61. The van der Waals surface area contributed by atoms with Crippen molar-refractivity contribution in [2.45, 2.75) is 50.6 Å². The molecule has 0 amide bonds. The van der Waals surface area contributed by atoms with Crippen molar-refractivity contribution in [2.24, 2.45) is 11.8 Å². The van der Waals surface area contributed by atoms with Gasteiger partial charge in [-0.15, -0.1) is 5.10 Å². The lowest BCUT2D eigenvalue weighted by Crippen LogP contribution is -2.48. The first-order chi connectivity index (χ1) is 16.2. The average Bonchev–Trinajstić information content (AvgIpc) is 3.44. The standard InChI is InChI=1S/C23H30N6O3S2/c1-14(2)29-23(32-18-7-9-19(10-8-18)34(4,30)31)25-22(26-29)24-21-16-5-6-17(21)13-28(12-16)20-11-15(3)27-33-20/h7-11,14,16-17,21H,5-6,12-13H2,1-4H3,(H,24,26). The molecule has 0 radical (unpaired) electrons. The summed E-state index contributed by atoms with van der Waals surface area (Å²) in [5.41, 5.74) is 1.08. The molecule has 1 aliphatic carbocycles. The van der Waals surface area contributed by atoms with Crippen molar-refractivity contribution in [3.63, 3.8) is 0 Å². The normalized spacial score (nSPS) is 22.4. The number of fused-ring (bicyclic) bond motifs is 2. The molecule has 0 spiro atoms. The largest absolute Gasteiger partial charge is 0.424 e. The Kier molecular flexibility index (Phi) is 6.01. The van der Waals surface area contributed by atoms with Gasteiger partial charge in [-0.1, -0.05) is 0 Å². The van der Waals surface area contributed by atoms with Crippen LogP contribution in [0.1, 0.15) is 38.4 Å². The second-order valence-corrected chi connectivity index (χ2v) is 12.4. The van der Waals surface area contributed by atoms with E-state index in [2.05, 4.69) is 30.7 Å². The fourth-order valence-electron chi connectivity index (χ4n) is 4.92. The van der Waals surface area contributed by atoms with Gasteiger partial charge in [0.15, 0.2) is 9.84 Å². The van der Waals surface area contributed by atoms with Crippen molar-refractivity contribution < 1.29 is 13.2 Å². The van der Waals surface area contributed by atoms with Crippen LogP contribution >= 0.6 is 11.5 Å². The Hall–Kier alpha value is -2.66. The Bertz CT molecular complexity index is 1250. The monoisotopic (exact) mass is 502 g/mol. The fourth-order valence-corrected chi connectivity index (χ4v) is 6.33. The Morgan fingerprint density at radius 1 is 1.15 bits per heavy atom. The molecule has 2 atom stereocenters. The van der Waals surface area contributed by atoms with Crippen LogP contribution in [0.3, 0.4) is 0 Å². The first-order valence-electron chi connectivity index (χ1n) is 11.6. The minimum Gasteiger partial charge on any atom is -0.424 e. The number of benzene rings is 1. The molecule has 1 aromatic carbocycles. The highest BCUT2D eigenvalue weighted by atomic mass is 32.2. The highest BCUT2D eigenvalue weighted by Gasteiger charge is 2.43. The zero-order chi connectivity index (χ0) is 24.0. The second kappa shape index (κ2) is 8.84. The molecule has 1 N–H and O–H groups in total. The van der Waals surface area contributed by atoms with Gasteiger partial charge in [-0.2, -0.15) is 9.36 Å². The van der Waals surface area contributed by atoms with Crippen molar-refractivity contribution in [2.75, 3.05) is 29.6 Å². The van der Waals surface area contributed by atoms with Crippen LogP contribution < -0.4 is 15.0 Å². The van der Waals surface area contributed by atoms with Crippen LogP contribution in [0, 0.1) is 18.8 Å². The summed E-state index contributed by atoms with van der Waals surface area (Å²) in [5, 5.41) is 9.55. The summed E-state index contributed by atoms with van der Waals surface area (Å²) in [4.78, 5) is 7.37. The van der Waals surface area contributed by atoms with E-state index >= 15 is 0 Å². The van der Waals surface area contributed by atoms with E-state index in [1.54, 1.807) is 28.3 Å². The number of aryl methyl sites for hydroxylation is 1. The van der Waals surface area contributed by atoms with Crippen LogP contribution in [-0.2, 0) is 9.84 Å². The van der Waals surface area contributed by atoms with Gasteiger partial charge >= 0.3 is 6.01 Å². The Morgan fingerprint density at radius 2 is 1.82 bits per heavy atom. The molecule has 11 heteroatoms. The van der Waals surface area contributed by atoms with Crippen molar-refractivity contribution in [3.05, 3.63) is 36.0 Å². The van der Waals surface area contributed by atoms with Crippen LogP contribution in [0.2, 0.25) is 0 Å². The van der Waals surface area contributed by atoms with Gasteiger partial charge in [-0.05, 0) is 87.3 Å². The summed E-state index contributed by atoms with van der Waals surface area (Å²) >= 11 is 1.58. The maximum atomic E-state index is 11.7. The molecule has 2 bridgehead atoms. The minimum absolute atomic E-state index is 0.0569. The van der Waals surface area contributed by atoms with E-state index in [1.807, 2.05) is 20.8 Å². The van der Waals surface area contributed by atoms with Gasteiger partial charge in [0, 0.05) is 25.4 Å². The lowest BCUT2D eigenvalue weighted by atomic mass is 9.92. The third-order valence-corrected chi connectivity index (χ3v) is 8.68. The van der Waals surface area contributed by atoms with Gasteiger partial charge in [0.1, 0.15) is 10.8 Å². The lowest BCUT2D eigenvalue weighted by Gasteiger charge is -2.38. The second-order valence-electron chi connectivity index (χ2n) is 9.58. The van der Waals surface area contributed by atoms with Gasteiger partial charge in [0.2, 0.25) is 5.95 Å². The molecule has 9 nitrogen and oxygen atoms in total. The number of sulfone groups is 1. The first kappa shape index (κ1) is 23.1. The quantitative estimate of drug-likeness (QED) is 0.514. The highest BCUT2D eigenvalue weighted by molar-refractivity contribution is 7.90. The van der Waals surface area contributed by atoms with Crippen molar-refractivity contribution >= 4 is 32.3 Å². The maximum absolute atomic E-state index is 11.7. The molecule has 182 valence electrons. The Balaban J connectivity index is 1.31. The lowest BCUT2D eigenvalue weighted by molar-refractivity contribution is 0.375. The zero-order valence-electron chi connectivity index (χ0n) is 19.8. The maximum Gasteiger partial charge on any atom is 0.322 e. The summed E-state index contributed by atoms with van der Waals surface area (Å²) in [5.74, 6) is 2.14. The van der Waals surface area contributed by atoms with E-state index in [4.69, 9.17) is 4.74 Å². The molecule has 2 aliphatic rings. The summed E-state index contributed by atoms with van der Waals surface area (Å²) < 4.78 is 35.6. The summed E-state index contributed by atoms with van der Waals surface area (Å²) in [6, 6.07) is 9.30. The molecule has 2 fully saturated rings. The first-order valence-corrected chi connectivity index (χ1v) is 14.2. The van der Waals surface area contributed by atoms with Gasteiger partial charge in [0.25, 0.3) is 0 Å². The van der Waals surface area contributed by atoms with E-state index < -0.39 is 9.84 Å². The van der Waals surface area contributed by atoms with Gasteiger partial charge in [-0.25, -0.2) is 13.1 Å². The number of anilines is 2. The Morgan fingerprint density at radius 3 is 2.38 bits per heavy atom. The van der Waals surface area contributed by atoms with E-state index in [1.165, 1.54) is 36.2 Å². The zero-order valence-corrected chi connectivity index (χ0v) is 21.4. The minimum atomic E-state index is -3.26. The smallest absolute Gasteiger partial charge is 0.322 e. The SMILES string of the molecule is Cc1cc(N2CC3CCC(C2)C3Nc2nc(Oc3ccc(S(C)(=O)=O)cc3)n(C(C)C)n2)sn1. The van der Waals surface area contributed by atoms with Gasteiger partial charge in [0.05, 0.1) is 16.6 Å². The van der Waals surface area contributed by atoms with Crippen molar-refractivity contribution in [1.82, 2.24) is 19.1 Å².